The lowest BCUT2D eigenvalue weighted by molar-refractivity contribution is 0.397. The molecule has 1 aromatic carbocycles. The van der Waals surface area contributed by atoms with Crippen LogP contribution in [0.3, 0.4) is 0 Å². The number of fused-ring (bicyclic) bond motifs is 1. The number of rotatable bonds is 5. The molecule has 0 bridgehead atoms. The summed E-state index contributed by atoms with van der Waals surface area (Å²) in [7, 11) is 3.37. The van der Waals surface area contributed by atoms with E-state index in [2.05, 4.69) is 24.5 Å². The van der Waals surface area contributed by atoms with Crippen LogP contribution < -0.4 is 15.2 Å². The number of nitrogens with zero attached hydrogens (tertiary/aromatic N) is 1. The third-order valence-corrected chi connectivity index (χ3v) is 3.71. The van der Waals surface area contributed by atoms with Crippen molar-refractivity contribution in [2.24, 2.45) is 5.73 Å². The van der Waals surface area contributed by atoms with E-state index in [0.717, 1.165) is 35.4 Å². The van der Waals surface area contributed by atoms with E-state index in [1.54, 1.807) is 14.2 Å². The van der Waals surface area contributed by atoms with E-state index in [0.29, 0.717) is 6.54 Å². The topological polar surface area (TPSA) is 49.4 Å². The molecule has 0 aliphatic carbocycles. The maximum absolute atomic E-state index is 5.63. The molecule has 2 aromatic rings. The Morgan fingerprint density at radius 2 is 1.89 bits per heavy atom. The van der Waals surface area contributed by atoms with Crippen molar-refractivity contribution in [2.75, 3.05) is 20.8 Å². The molecule has 2 rings (SSSR count). The predicted molar refractivity (Wildman–Crippen MR) is 78.2 cm³/mol. The van der Waals surface area contributed by atoms with Crippen LogP contribution in [0.5, 0.6) is 11.5 Å². The maximum Gasteiger partial charge on any atom is 0.132 e. The van der Waals surface area contributed by atoms with Gasteiger partial charge in [-0.2, -0.15) is 0 Å². The van der Waals surface area contributed by atoms with Crippen LogP contribution >= 0.6 is 0 Å². The zero-order chi connectivity index (χ0) is 14.0. The summed E-state index contributed by atoms with van der Waals surface area (Å²) in [6, 6.07) is 4.00. The molecule has 0 saturated carbocycles. The molecule has 0 unspecified atom stereocenters. The first kappa shape index (κ1) is 13.7. The molecule has 104 valence electrons. The van der Waals surface area contributed by atoms with Crippen molar-refractivity contribution in [1.29, 1.82) is 0 Å². The number of aryl methyl sites for hydroxylation is 2. The van der Waals surface area contributed by atoms with Crippen molar-refractivity contribution in [1.82, 2.24) is 4.57 Å². The van der Waals surface area contributed by atoms with Gasteiger partial charge in [-0.1, -0.05) is 0 Å². The zero-order valence-electron chi connectivity index (χ0n) is 12.1. The minimum Gasteiger partial charge on any atom is -0.497 e. The molecule has 0 atom stereocenters. The van der Waals surface area contributed by atoms with Gasteiger partial charge in [0.2, 0.25) is 0 Å². The molecule has 1 aromatic heterocycles. The van der Waals surface area contributed by atoms with Gasteiger partial charge in [0.1, 0.15) is 11.5 Å². The lowest BCUT2D eigenvalue weighted by Crippen LogP contribution is -2.07. The highest BCUT2D eigenvalue weighted by molar-refractivity contribution is 5.92. The molecule has 2 N–H and O–H groups in total. The van der Waals surface area contributed by atoms with Gasteiger partial charge in [-0.25, -0.2) is 0 Å². The highest BCUT2D eigenvalue weighted by atomic mass is 16.5. The average Bonchev–Trinajstić information content (AvgIpc) is 2.68. The molecule has 4 heteroatoms. The Bertz CT molecular complexity index is 588. The first-order valence-electron chi connectivity index (χ1n) is 6.55. The van der Waals surface area contributed by atoms with Gasteiger partial charge < -0.3 is 19.8 Å². The quantitative estimate of drug-likeness (QED) is 0.901. The van der Waals surface area contributed by atoms with Gasteiger partial charge in [0.05, 0.1) is 19.7 Å². The molecule has 0 aliphatic heterocycles. The second kappa shape index (κ2) is 5.53. The van der Waals surface area contributed by atoms with Crippen LogP contribution in [0.4, 0.5) is 0 Å². The van der Waals surface area contributed by atoms with E-state index in [4.69, 9.17) is 15.2 Å². The first-order valence-corrected chi connectivity index (χ1v) is 6.55. The summed E-state index contributed by atoms with van der Waals surface area (Å²) >= 11 is 0. The average molecular weight is 262 g/mol. The van der Waals surface area contributed by atoms with Crippen LogP contribution in [0.25, 0.3) is 10.9 Å². The van der Waals surface area contributed by atoms with E-state index < -0.39 is 0 Å². The summed E-state index contributed by atoms with van der Waals surface area (Å²) in [6.45, 7) is 5.88. The Morgan fingerprint density at radius 1 is 1.16 bits per heavy atom. The summed E-state index contributed by atoms with van der Waals surface area (Å²) in [5.41, 5.74) is 9.29. The van der Waals surface area contributed by atoms with Gasteiger partial charge in [-0.3, -0.25) is 0 Å². The largest absolute Gasteiger partial charge is 0.497 e. The molecule has 0 saturated heterocycles. The lowest BCUT2D eigenvalue weighted by atomic mass is 10.1. The summed E-state index contributed by atoms with van der Waals surface area (Å²) in [5, 5.41) is 1.16. The van der Waals surface area contributed by atoms with Crippen LogP contribution in [0.2, 0.25) is 0 Å². The molecular weight excluding hydrogens is 240 g/mol. The van der Waals surface area contributed by atoms with Gasteiger partial charge in [0.25, 0.3) is 0 Å². The highest BCUT2D eigenvalue weighted by Gasteiger charge is 2.16. The molecule has 0 spiro atoms. The van der Waals surface area contributed by atoms with Crippen molar-refractivity contribution in [2.45, 2.75) is 26.8 Å². The number of nitrogens with two attached hydrogens (primary N) is 1. The lowest BCUT2D eigenvalue weighted by Gasteiger charge is -2.10. The Kier molecular flexibility index (Phi) is 4.00. The molecule has 0 radical (unpaired) electrons. The van der Waals surface area contributed by atoms with Crippen LogP contribution in [0.15, 0.2) is 12.1 Å². The highest BCUT2D eigenvalue weighted by Crippen LogP contribution is 2.36. The van der Waals surface area contributed by atoms with Crippen molar-refractivity contribution < 1.29 is 9.47 Å². The van der Waals surface area contributed by atoms with Crippen LogP contribution in [0.1, 0.15) is 17.7 Å². The normalized spacial score (nSPS) is 11.0. The molecule has 0 amide bonds. The van der Waals surface area contributed by atoms with Gasteiger partial charge >= 0.3 is 0 Å². The number of methoxy groups -OCH3 is 2. The van der Waals surface area contributed by atoms with E-state index in [-0.39, 0.29) is 0 Å². The van der Waals surface area contributed by atoms with E-state index in [9.17, 15) is 0 Å². The van der Waals surface area contributed by atoms with Gasteiger partial charge in [0, 0.05) is 29.8 Å². The fourth-order valence-corrected chi connectivity index (χ4v) is 2.55. The van der Waals surface area contributed by atoms with Gasteiger partial charge in [-0.15, -0.1) is 0 Å². The Balaban J connectivity index is 2.71. The Hall–Kier alpha value is -1.68. The first-order chi connectivity index (χ1) is 9.13. The van der Waals surface area contributed by atoms with Crippen LogP contribution in [0, 0.1) is 13.8 Å². The van der Waals surface area contributed by atoms with E-state index >= 15 is 0 Å². The number of aromatic nitrogens is 1. The summed E-state index contributed by atoms with van der Waals surface area (Å²) in [4.78, 5) is 0. The standard InChI is InChI=1S/C15H22N2O2/c1-10-11(2)17(7-5-6-16)13-8-12(18-3)9-14(19-4)15(10)13/h8-9H,5-7,16H2,1-4H3. The van der Waals surface area contributed by atoms with Crippen molar-refractivity contribution in [3.8, 4) is 11.5 Å². The minimum atomic E-state index is 0.694. The predicted octanol–water partition coefficient (Wildman–Crippen LogP) is 2.62. The summed E-state index contributed by atoms with van der Waals surface area (Å²) in [5.74, 6) is 1.68. The van der Waals surface area contributed by atoms with Crippen molar-refractivity contribution >= 4 is 10.9 Å². The van der Waals surface area contributed by atoms with Gasteiger partial charge in [0.15, 0.2) is 0 Å². The second-order valence-electron chi connectivity index (χ2n) is 4.73. The fraction of sp³-hybridized carbons (Fsp3) is 0.467. The molecule has 19 heavy (non-hydrogen) atoms. The summed E-state index contributed by atoms with van der Waals surface area (Å²) < 4.78 is 13.2. The molecule has 4 nitrogen and oxygen atoms in total. The Morgan fingerprint density at radius 3 is 2.47 bits per heavy atom. The van der Waals surface area contributed by atoms with E-state index in [1.165, 1.54) is 11.3 Å². The third kappa shape index (κ3) is 2.28. The minimum absolute atomic E-state index is 0.694. The third-order valence-electron chi connectivity index (χ3n) is 3.71. The van der Waals surface area contributed by atoms with Crippen LogP contribution in [-0.4, -0.2) is 25.3 Å². The number of ether oxygens (including phenoxy) is 2. The molecular formula is C15H22N2O2. The van der Waals surface area contributed by atoms with Crippen molar-refractivity contribution in [3.63, 3.8) is 0 Å². The second-order valence-corrected chi connectivity index (χ2v) is 4.73. The van der Waals surface area contributed by atoms with Gasteiger partial charge in [-0.05, 0) is 32.4 Å². The maximum atomic E-state index is 5.63. The molecule has 1 heterocycles. The molecule has 0 aliphatic rings. The fourth-order valence-electron chi connectivity index (χ4n) is 2.55. The SMILES string of the molecule is COc1cc(OC)c2c(C)c(C)n(CCCN)c2c1. The van der Waals surface area contributed by atoms with E-state index in [1.807, 2.05) is 6.07 Å². The van der Waals surface area contributed by atoms with Crippen LogP contribution in [-0.2, 0) is 6.54 Å². The zero-order valence-corrected chi connectivity index (χ0v) is 12.1. The number of benzene rings is 1. The Labute approximate surface area is 114 Å². The number of hydrogen-bond donors (Lipinski definition) is 1. The number of hydrogen-bond acceptors (Lipinski definition) is 3. The smallest absolute Gasteiger partial charge is 0.132 e. The van der Waals surface area contributed by atoms with Crippen molar-refractivity contribution in [3.05, 3.63) is 23.4 Å². The monoisotopic (exact) mass is 262 g/mol. The molecule has 0 fully saturated rings. The summed E-state index contributed by atoms with van der Waals surface area (Å²) in [6.07, 6.45) is 0.962.